The van der Waals surface area contributed by atoms with Gasteiger partial charge < -0.3 is 27.1 Å². The van der Waals surface area contributed by atoms with E-state index in [9.17, 15) is 0 Å². The van der Waals surface area contributed by atoms with E-state index in [0.717, 1.165) is 39.8 Å². The Balaban J connectivity index is 1.48. The van der Waals surface area contributed by atoms with E-state index in [1.54, 1.807) is 26.4 Å². The monoisotopic (exact) mass is 725 g/mol. The molecule has 0 bridgehead atoms. The number of aliphatic imine (C=N–C) groups is 1. The van der Waals surface area contributed by atoms with Gasteiger partial charge in [0.2, 0.25) is 5.82 Å². The van der Waals surface area contributed by atoms with Crippen molar-refractivity contribution in [3.63, 3.8) is 0 Å². The van der Waals surface area contributed by atoms with Crippen LogP contribution >= 0.6 is 22.6 Å². The van der Waals surface area contributed by atoms with E-state index >= 15 is 8.63 Å². The van der Waals surface area contributed by atoms with Crippen molar-refractivity contribution in [1.82, 2.24) is 4.48 Å². The van der Waals surface area contributed by atoms with Crippen molar-refractivity contribution in [2.24, 2.45) is 12.0 Å². The maximum atomic E-state index is 17.9. The molecule has 3 aliphatic rings. The van der Waals surface area contributed by atoms with Gasteiger partial charge in [-0.15, -0.1) is 0 Å². The lowest BCUT2D eigenvalue weighted by atomic mass is 9.83. The predicted molar refractivity (Wildman–Crippen MR) is 185 cm³/mol. The van der Waals surface area contributed by atoms with Gasteiger partial charge >= 0.3 is 6.97 Å². The Labute approximate surface area is 279 Å². The molecular weight excluding hydrogens is 696 g/mol. The van der Waals surface area contributed by atoms with E-state index in [-0.39, 0.29) is 11.7 Å². The lowest BCUT2D eigenvalue weighted by Gasteiger charge is -2.33. The summed E-state index contributed by atoms with van der Waals surface area (Å²) in [6.45, 7) is -4.43. The van der Waals surface area contributed by atoms with Crippen LogP contribution in [0.2, 0.25) is 0 Å². The van der Waals surface area contributed by atoms with Crippen molar-refractivity contribution >= 4 is 52.5 Å². The molecule has 0 fully saturated rings. The highest BCUT2D eigenvalue weighted by atomic mass is 127. The average molecular weight is 725 g/mol. The number of aryl methyl sites for hydroxylation is 2. The Morgan fingerprint density at radius 3 is 2.22 bits per heavy atom. The van der Waals surface area contributed by atoms with Gasteiger partial charge in [-0.3, -0.25) is 0 Å². The number of allylic oxidation sites excluding steroid dienone is 1. The first-order valence-corrected chi connectivity index (χ1v) is 16.2. The molecule has 0 saturated heterocycles. The van der Waals surface area contributed by atoms with Gasteiger partial charge in [-0.05, 0) is 99.6 Å². The van der Waals surface area contributed by atoms with Crippen molar-refractivity contribution < 1.29 is 27.2 Å². The van der Waals surface area contributed by atoms with E-state index in [1.807, 2.05) is 96.8 Å². The van der Waals surface area contributed by atoms with Crippen molar-refractivity contribution in [1.29, 1.82) is 0 Å². The molecule has 0 N–H and O–H groups in total. The zero-order chi connectivity index (χ0) is 31.7. The lowest BCUT2D eigenvalue weighted by molar-refractivity contribution is -0.671. The fourth-order valence-corrected chi connectivity index (χ4v) is 8.11. The second-order valence-corrected chi connectivity index (χ2v) is 12.8. The fraction of sp³-hybridized carbons (Fsp3) is 0.139. The molecule has 1 aliphatic carbocycles. The van der Waals surface area contributed by atoms with E-state index < -0.39 is 6.97 Å². The molecule has 0 atom stereocenters. The molecule has 0 amide bonds. The molecular formula is C36H29BF2IN4O2+. The molecule has 10 heteroatoms. The van der Waals surface area contributed by atoms with Gasteiger partial charge in [0.25, 0.3) is 5.84 Å². The highest BCUT2D eigenvalue weighted by molar-refractivity contribution is 14.1. The number of hydrogen-bond acceptors (Lipinski definition) is 3. The number of benzene rings is 3. The number of fused-ring (bicyclic) bond motifs is 5. The topological polar surface area (TPSA) is 42.6 Å². The predicted octanol–water partition coefficient (Wildman–Crippen LogP) is 7.45. The number of methoxy groups -OCH3 is 2. The Bertz CT molecular complexity index is 2160. The first-order chi connectivity index (χ1) is 22.3. The molecule has 8 rings (SSSR count). The number of pyridine rings is 1. The van der Waals surface area contributed by atoms with Gasteiger partial charge in [-0.25, -0.2) is 4.57 Å². The normalized spacial score (nSPS) is 16.0. The highest BCUT2D eigenvalue weighted by Gasteiger charge is 2.56. The SMILES string of the molecule is COc1ccc(-c2c(I)c(-c3cc[n+](C)cc3)c3n2[B-](F)(F)[N+]2=C4C(=C(c5ccccc5)C2=N3)CCc2cc(OC)ccc24)cc1. The summed E-state index contributed by atoms with van der Waals surface area (Å²) in [5.74, 6) is 1.91. The molecule has 6 nitrogen and oxygen atoms in total. The van der Waals surface area contributed by atoms with Gasteiger partial charge in [-0.1, -0.05) is 30.3 Å². The summed E-state index contributed by atoms with van der Waals surface area (Å²) in [4.78, 5) is 5.23. The van der Waals surface area contributed by atoms with Crippen molar-refractivity contribution in [2.45, 2.75) is 12.8 Å². The summed E-state index contributed by atoms with van der Waals surface area (Å²) >= 11 is 2.22. The Morgan fingerprint density at radius 2 is 1.52 bits per heavy atom. The molecule has 2 aliphatic heterocycles. The van der Waals surface area contributed by atoms with Crippen LogP contribution in [0.3, 0.4) is 0 Å². The van der Waals surface area contributed by atoms with Crippen LogP contribution in [0.4, 0.5) is 14.4 Å². The smallest absolute Gasteiger partial charge is 0.497 e. The van der Waals surface area contributed by atoms with E-state index in [4.69, 9.17) is 14.5 Å². The van der Waals surface area contributed by atoms with E-state index in [2.05, 4.69) is 22.6 Å². The summed E-state index contributed by atoms with van der Waals surface area (Å²) in [6, 6.07) is 26.7. The van der Waals surface area contributed by atoms with E-state index in [0.29, 0.717) is 44.0 Å². The number of rotatable bonds is 5. The van der Waals surface area contributed by atoms with Gasteiger partial charge in [0.05, 0.1) is 31.1 Å². The number of halogens is 3. The minimum atomic E-state index is -4.43. The van der Waals surface area contributed by atoms with Crippen molar-refractivity contribution in [3.05, 3.63) is 123 Å². The molecule has 0 spiro atoms. The second-order valence-electron chi connectivity index (χ2n) is 11.7. The van der Waals surface area contributed by atoms with E-state index in [1.165, 1.54) is 8.96 Å². The molecule has 0 radical (unpaired) electrons. The van der Waals surface area contributed by atoms with Crippen LogP contribution in [0.15, 0.2) is 108 Å². The van der Waals surface area contributed by atoms with Crippen LogP contribution in [0, 0.1) is 3.57 Å². The Kier molecular flexibility index (Phi) is 6.75. The summed E-state index contributed by atoms with van der Waals surface area (Å²) < 4.78 is 51.7. The molecule has 3 aromatic carbocycles. The van der Waals surface area contributed by atoms with Crippen LogP contribution in [0.1, 0.15) is 23.1 Å². The van der Waals surface area contributed by atoms with Crippen molar-refractivity contribution in [2.75, 3.05) is 14.2 Å². The van der Waals surface area contributed by atoms with Gasteiger partial charge in [0.15, 0.2) is 12.4 Å². The number of ether oxygens (including phenoxy) is 2. The first-order valence-electron chi connectivity index (χ1n) is 15.1. The summed E-state index contributed by atoms with van der Waals surface area (Å²) in [5, 5.41) is 0. The minimum absolute atomic E-state index is 0.253. The highest BCUT2D eigenvalue weighted by Crippen LogP contribution is 2.51. The zero-order valence-corrected chi connectivity index (χ0v) is 27.6. The maximum absolute atomic E-state index is 17.9. The number of aromatic nitrogens is 2. The quantitative estimate of drug-likeness (QED) is 0.107. The number of amidine groups is 1. The first kappa shape index (κ1) is 28.9. The summed E-state index contributed by atoms with van der Waals surface area (Å²) in [7, 11) is 5.15. The van der Waals surface area contributed by atoms with Gasteiger partial charge in [0, 0.05) is 38.1 Å². The molecule has 5 aromatic rings. The third-order valence-electron chi connectivity index (χ3n) is 9.14. The van der Waals surface area contributed by atoms with Crippen molar-refractivity contribution in [3.8, 4) is 33.9 Å². The Hall–Kier alpha value is -4.58. The molecule has 4 heterocycles. The molecule has 0 unspecified atom stereocenters. The minimum Gasteiger partial charge on any atom is -0.497 e. The largest absolute Gasteiger partial charge is 0.642 e. The average Bonchev–Trinajstić information content (AvgIpc) is 3.58. The second kappa shape index (κ2) is 10.8. The summed E-state index contributed by atoms with van der Waals surface area (Å²) in [6.07, 6.45) is 5.18. The third kappa shape index (κ3) is 4.22. The fourth-order valence-electron chi connectivity index (χ4n) is 6.99. The molecule has 228 valence electrons. The van der Waals surface area contributed by atoms with Crippen LogP contribution in [0.5, 0.6) is 11.5 Å². The Morgan fingerprint density at radius 1 is 0.826 bits per heavy atom. The zero-order valence-electron chi connectivity index (χ0n) is 25.5. The van der Waals surface area contributed by atoms with Crippen LogP contribution in [-0.4, -0.2) is 41.7 Å². The third-order valence-corrected chi connectivity index (χ3v) is 10.2. The summed E-state index contributed by atoms with van der Waals surface area (Å²) in [5.41, 5.74) is 7.42. The molecule has 2 aromatic heterocycles. The number of nitrogens with zero attached hydrogens (tertiary/aromatic N) is 4. The standard InChI is InChI=1S/C36H29BF2IN4O2/c1-42-19-17-23(18-20-42)31-32(40)33(24-9-12-26(45-2)13-10-24)43-36(31)41-35-30(22-7-5-4-6-8-22)29-15-11-25-21-27(46-3)14-16-28(25)34(29)44(35)37(43,38)39/h4-10,12-14,16-21H,11,15H2,1-3H3/q+1. The van der Waals surface area contributed by atoms with Gasteiger partial charge in [-0.2, -0.15) is 0 Å². The van der Waals surface area contributed by atoms with Gasteiger partial charge in [0.1, 0.15) is 18.5 Å². The maximum Gasteiger partial charge on any atom is 0.642 e. The lowest BCUT2D eigenvalue weighted by Crippen LogP contribution is -2.53. The van der Waals surface area contributed by atoms with Crippen LogP contribution < -0.4 is 14.0 Å². The molecule has 0 saturated carbocycles. The number of hydrogen-bond donors (Lipinski definition) is 0. The van der Waals surface area contributed by atoms with Crippen LogP contribution in [0.25, 0.3) is 28.0 Å². The van der Waals surface area contributed by atoms with Crippen LogP contribution in [-0.2, 0) is 13.5 Å². The molecule has 46 heavy (non-hydrogen) atoms.